The van der Waals surface area contributed by atoms with E-state index in [-0.39, 0.29) is 12.0 Å². The molecule has 1 amide bonds. The average molecular weight is 353 g/mol. The molecule has 1 aliphatic heterocycles. The molecule has 0 atom stereocenters. The highest BCUT2D eigenvalue weighted by Crippen LogP contribution is 2.25. The van der Waals surface area contributed by atoms with E-state index in [0.29, 0.717) is 6.61 Å². The molecule has 1 aromatic carbocycles. The van der Waals surface area contributed by atoms with Crippen molar-refractivity contribution in [2.45, 2.75) is 25.6 Å². The van der Waals surface area contributed by atoms with E-state index >= 15 is 0 Å². The highest BCUT2D eigenvalue weighted by Gasteiger charge is 2.25. The van der Waals surface area contributed by atoms with Crippen LogP contribution in [0.25, 0.3) is 10.2 Å². The van der Waals surface area contributed by atoms with E-state index in [2.05, 4.69) is 9.97 Å². The van der Waals surface area contributed by atoms with Gasteiger partial charge in [0.05, 0.1) is 34.0 Å². The lowest BCUT2D eigenvalue weighted by atomic mass is 10.1. The number of carbonyl (C=O) groups is 1. The molecule has 1 aliphatic rings. The molecule has 0 aliphatic carbocycles. The second-order valence-corrected chi connectivity index (χ2v) is 7.02. The van der Waals surface area contributed by atoms with Gasteiger partial charge in [-0.05, 0) is 36.6 Å². The molecule has 128 valence electrons. The Morgan fingerprint density at radius 1 is 1.24 bits per heavy atom. The van der Waals surface area contributed by atoms with Crippen LogP contribution in [0.5, 0.6) is 0 Å². The molecule has 1 saturated heterocycles. The van der Waals surface area contributed by atoms with Crippen molar-refractivity contribution < 1.29 is 9.53 Å². The zero-order chi connectivity index (χ0) is 17.1. The summed E-state index contributed by atoms with van der Waals surface area (Å²) < 4.78 is 6.95. The van der Waals surface area contributed by atoms with Gasteiger partial charge in [-0.1, -0.05) is 12.1 Å². The first-order valence-corrected chi connectivity index (χ1v) is 9.31. The van der Waals surface area contributed by atoms with E-state index in [4.69, 9.17) is 4.74 Å². The number of amides is 1. The smallest absolute Gasteiger partial charge is 0.255 e. The fraction of sp³-hybridized carbons (Fsp3) is 0.316. The molecule has 4 rings (SSSR count). The predicted molar refractivity (Wildman–Crippen MR) is 97.6 cm³/mol. The van der Waals surface area contributed by atoms with Crippen LogP contribution in [0.4, 0.5) is 0 Å². The van der Waals surface area contributed by atoms with Crippen LogP contribution in [0.15, 0.2) is 48.2 Å². The zero-order valence-corrected chi connectivity index (χ0v) is 14.6. The van der Waals surface area contributed by atoms with Crippen molar-refractivity contribution in [3.63, 3.8) is 0 Å². The van der Waals surface area contributed by atoms with E-state index in [0.717, 1.165) is 47.3 Å². The number of carbonyl (C=O) groups excluding carboxylic acids is 1. The summed E-state index contributed by atoms with van der Waals surface area (Å²) in [6.07, 6.45) is 5.52. The SMILES string of the molecule is O=C(c1cccc2ncsc12)N1CCC(OCc2cccnc2)CC1. The van der Waals surface area contributed by atoms with E-state index < -0.39 is 0 Å². The topological polar surface area (TPSA) is 55.3 Å². The minimum absolute atomic E-state index is 0.0977. The predicted octanol–water partition coefficient (Wildman–Crippen LogP) is 3.51. The van der Waals surface area contributed by atoms with Crippen LogP contribution in [0.3, 0.4) is 0 Å². The fourth-order valence-electron chi connectivity index (χ4n) is 3.15. The number of likely N-dealkylation sites (tertiary alicyclic amines) is 1. The van der Waals surface area contributed by atoms with Gasteiger partial charge in [0.25, 0.3) is 5.91 Å². The lowest BCUT2D eigenvalue weighted by Crippen LogP contribution is -2.40. The normalized spacial score (nSPS) is 15.6. The first kappa shape index (κ1) is 16.2. The van der Waals surface area contributed by atoms with Crippen LogP contribution < -0.4 is 0 Å². The number of rotatable bonds is 4. The van der Waals surface area contributed by atoms with Gasteiger partial charge in [-0.25, -0.2) is 4.98 Å². The molecule has 1 fully saturated rings. The molecule has 0 spiro atoms. The Labute approximate surface area is 150 Å². The van der Waals surface area contributed by atoms with Gasteiger partial charge in [0.15, 0.2) is 0 Å². The molecule has 0 radical (unpaired) electrons. The number of nitrogens with zero attached hydrogens (tertiary/aromatic N) is 3. The average Bonchev–Trinajstić information content (AvgIpc) is 3.16. The largest absolute Gasteiger partial charge is 0.373 e. The van der Waals surface area contributed by atoms with E-state index in [1.165, 1.54) is 11.3 Å². The van der Waals surface area contributed by atoms with Crippen molar-refractivity contribution >= 4 is 27.5 Å². The van der Waals surface area contributed by atoms with Crippen LogP contribution in [-0.2, 0) is 11.3 Å². The highest BCUT2D eigenvalue weighted by molar-refractivity contribution is 7.17. The lowest BCUT2D eigenvalue weighted by molar-refractivity contribution is -0.000420. The third-order valence-corrected chi connectivity index (χ3v) is 5.40. The molecule has 25 heavy (non-hydrogen) atoms. The summed E-state index contributed by atoms with van der Waals surface area (Å²) in [5.41, 5.74) is 4.53. The van der Waals surface area contributed by atoms with Gasteiger partial charge in [0, 0.05) is 25.5 Å². The number of thiazole rings is 1. The number of ether oxygens (including phenoxy) is 1. The van der Waals surface area contributed by atoms with Gasteiger partial charge < -0.3 is 9.64 Å². The summed E-state index contributed by atoms with van der Waals surface area (Å²) in [5, 5.41) is 0. The quantitative estimate of drug-likeness (QED) is 0.720. The number of piperidine rings is 1. The van der Waals surface area contributed by atoms with Crippen molar-refractivity contribution in [2.24, 2.45) is 0 Å². The maximum atomic E-state index is 12.9. The van der Waals surface area contributed by atoms with E-state index in [9.17, 15) is 4.79 Å². The van der Waals surface area contributed by atoms with Gasteiger partial charge in [-0.3, -0.25) is 9.78 Å². The molecule has 0 N–H and O–H groups in total. The van der Waals surface area contributed by atoms with Crippen LogP contribution in [-0.4, -0.2) is 40.0 Å². The maximum Gasteiger partial charge on any atom is 0.255 e. The monoisotopic (exact) mass is 353 g/mol. The summed E-state index contributed by atoms with van der Waals surface area (Å²) >= 11 is 1.52. The molecule has 5 nitrogen and oxygen atoms in total. The standard InChI is InChI=1S/C19H19N3O2S/c23-19(16-4-1-5-17-18(16)25-13-21-17)22-9-6-15(7-10-22)24-12-14-3-2-8-20-11-14/h1-5,8,11,13,15H,6-7,9-10,12H2. The van der Waals surface area contributed by atoms with Gasteiger partial charge >= 0.3 is 0 Å². The van der Waals surface area contributed by atoms with Crippen molar-refractivity contribution in [2.75, 3.05) is 13.1 Å². The van der Waals surface area contributed by atoms with Crippen molar-refractivity contribution in [1.82, 2.24) is 14.9 Å². The number of pyridine rings is 1. The number of fused-ring (bicyclic) bond motifs is 1. The Morgan fingerprint density at radius 2 is 2.12 bits per heavy atom. The van der Waals surface area contributed by atoms with E-state index in [1.54, 1.807) is 11.7 Å². The minimum Gasteiger partial charge on any atom is -0.373 e. The van der Waals surface area contributed by atoms with Crippen molar-refractivity contribution in [3.05, 3.63) is 59.4 Å². The lowest BCUT2D eigenvalue weighted by Gasteiger charge is -2.32. The Bertz CT molecular complexity index is 857. The first-order valence-electron chi connectivity index (χ1n) is 8.43. The number of hydrogen-bond donors (Lipinski definition) is 0. The van der Waals surface area contributed by atoms with Gasteiger partial charge in [-0.2, -0.15) is 0 Å². The van der Waals surface area contributed by atoms with Crippen LogP contribution in [0.2, 0.25) is 0 Å². The number of hydrogen-bond acceptors (Lipinski definition) is 5. The van der Waals surface area contributed by atoms with Crippen molar-refractivity contribution in [3.8, 4) is 0 Å². The highest BCUT2D eigenvalue weighted by atomic mass is 32.1. The molecular formula is C19H19N3O2S. The van der Waals surface area contributed by atoms with Gasteiger partial charge in [0.1, 0.15) is 0 Å². The molecule has 0 saturated carbocycles. The summed E-state index contributed by atoms with van der Waals surface area (Å²) in [4.78, 5) is 23.2. The Kier molecular flexibility index (Phi) is 4.72. The third-order valence-electron chi connectivity index (χ3n) is 4.52. The van der Waals surface area contributed by atoms with Crippen LogP contribution in [0.1, 0.15) is 28.8 Å². The summed E-state index contributed by atoms with van der Waals surface area (Å²) in [5.74, 6) is 0.0977. The molecule has 0 unspecified atom stereocenters. The molecule has 6 heteroatoms. The molecule has 3 aromatic rings. The Hall–Kier alpha value is -2.31. The summed E-state index contributed by atoms with van der Waals surface area (Å²) in [6.45, 7) is 2.03. The minimum atomic E-state index is 0.0977. The second-order valence-electron chi connectivity index (χ2n) is 6.17. The van der Waals surface area contributed by atoms with E-state index in [1.807, 2.05) is 41.4 Å². The van der Waals surface area contributed by atoms with Crippen LogP contribution >= 0.6 is 11.3 Å². The number of aromatic nitrogens is 2. The molecule has 2 aromatic heterocycles. The molecular weight excluding hydrogens is 334 g/mol. The fourth-order valence-corrected chi connectivity index (χ4v) is 3.94. The Balaban J connectivity index is 1.35. The maximum absolute atomic E-state index is 12.9. The first-order chi connectivity index (χ1) is 12.3. The summed E-state index contributed by atoms with van der Waals surface area (Å²) in [7, 11) is 0. The van der Waals surface area contributed by atoms with Crippen LogP contribution in [0, 0.1) is 0 Å². The summed E-state index contributed by atoms with van der Waals surface area (Å²) in [6, 6.07) is 9.68. The second kappa shape index (κ2) is 7.29. The molecule has 3 heterocycles. The van der Waals surface area contributed by atoms with Gasteiger partial charge in [-0.15, -0.1) is 11.3 Å². The van der Waals surface area contributed by atoms with Crippen molar-refractivity contribution in [1.29, 1.82) is 0 Å². The number of benzene rings is 1. The van der Waals surface area contributed by atoms with Gasteiger partial charge in [0.2, 0.25) is 0 Å². The third kappa shape index (κ3) is 3.55. The Morgan fingerprint density at radius 3 is 2.92 bits per heavy atom. The zero-order valence-electron chi connectivity index (χ0n) is 13.8. The molecule has 0 bridgehead atoms.